The molecule has 0 aliphatic carbocycles. The molecule has 0 unspecified atom stereocenters. The number of aromatic nitrogens is 1. The van der Waals surface area contributed by atoms with E-state index in [1.165, 1.54) is 23.5 Å². The molecular formula is C18H13ClFNO2S. The van der Waals surface area contributed by atoms with Crippen LogP contribution in [0, 0.1) is 5.82 Å². The molecule has 2 aromatic carbocycles. The van der Waals surface area contributed by atoms with Gasteiger partial charge in [0.05, 0.1) is 12.1 Å². The van der Waals surface area contributed by atoms with Crippen molar-refractivity contribution in [1.29, 1.82) is 0 Å². The molecule has 0 N–H and O–H groups in total. The summed E-state index contributed by atoms with van der Waals surface area (Å²) in [5, 5.41) is 2.91. The Balaban J connectivity index is 1.60. The molecule has 0 fully saturated rings. The molecule has 0 saturated carbocycles. The van der Waals surface area contributed by atoms with Crippen LogP contribution in [0.2, 0.25) is 5.02 Å². The largest absolute Gasteiger partial charge is 0.459 e. The summed E-state index contributed by atoms with van der Waals surface area (Å²) in [7, 11) is 0. The van der Waals surface area contributed by atoms with Gasteiger partial charge in [-0.05, 0) is 12.1 Å². The zero-order valence-electron chi connectivity index (χ0n) is 12.5. The standard InChI is InChI=1S/C18H13ClFNO2S/c19-15-7-4-8-16(20)14(15)9-17(22)23-10-13-11-24-18(21-13)12-5-2-1-3-6-12/h1-8,11H,9-10H2. The summed E-state index contributed by atoms with van der Waals surface area (Å²) in [5.41, 5.74) is 1.82. The van der Waals surface area contributed by atoms with Gasteiger partial charge in [0.15, 0.2) is 0 Å². The van der Waals surface area contributed by atoms with Crippen molar-refractivity contribution in [1.82, 2.24) is 4.98 Å². The lowest BCUT2D eigenvalue weighted by molar-refractivity contribution is -0.144. The van der Waals surface area contributed by atoms with Gasteiger partial charge >= 0.3 is 5.97 Å². The van der Waals surface area contributed by atoms with E-state index in [1.807, 2.05) is 35.7 Å². The van der Waals surface area contributed by atoms with Gasteiger partial charge in [-0.25, -0.2) is 9.37 Å². The summed E-state index contributed by atoms with van der Waals surface area (Å²) < 4.78 is 18.8. The summed E-state index contributed by atoms with van der Waals surface area (Å²) in [6.45, 7) is 0.0498. The second-order valence-corrected chi connectivity index (χ2v) is 6.31. The first-order valence-electron chi connectivity index (χ1n) is 7.22. The van der Waals surface area contributed by atoms with Gasteiger partial charge in [0, 0.05) is 21.5 Å². The second-order valence-electron chi connectivity index (χ2n) is 5.05. The molecule has 1 heterocycles. The van der Waals surface area contributed by atoms with Gasteiger partial charge in [-0.15, -0.1) is 11.3 Å². The second kappa shape index (κ2) is 7.55. The predicted octanol–water partition coefficient (Wildman–Crippen LogP) is 4.89. The van der Waals surface area contributed by atoms with Crippen molar-refractivity contribution >= 4 is 28.9 Å². The van der Waals surface area contributed by atoms with E-state index in [-0.39, 0.29) is 23.6 Å². The lowest BCUT2D eigenvalue weighted by Crippen LogP contribution is -2.09. The normalized spacial score (nSPS) is 10.6. The Morgan fingerprint density at radius 1 is 1.17 bits per heavy atom. The first-order chi connectivity index (χ1) is 11.6. The highest BCUT2D eigenvalue weighted by Gasteiger charge is 2.14. The fourth-order valence-electron chi connectivity index (χ4n) is 2.14. The van der Waals surface area contributed by atoms with Crippen LogP contribution in [0.5, 0.6) is 0 Å². The van der Waals surface area contributed by atoms with Gasteiger partial charge in [0.2, 0.25) is 0 Å². The Morgan fingerprint density at radius 2 is 1.96 bits per heavy atom. The van der Waals surface area contributed by atoms with Gasteiger partial charge in [-0.1, -0.05) is 48.0 Å². The maximum absolute atomic E-state index is 13.7. The van der Waals surface area contributed by atoms with E-state index in [1.54, 1.807) is 6.07 Å². The van der Waals surface area contributed by atoms with Crippen LogP contribution >= 0.6 is 22.9 Å². The van der Waals surface area contributed by atoms with E-state index >= 15 is 0 Å². The maximum atomic E-state index is 13.7. The molecule has 6 heteroatoms. The number of rotatable bonds is 5. The van der Waals surface area contributed by atoms with E-state index in [0.29, 0.717) is 5.69 Å². The number of benzene rings is 2. The van der Waals surface area contributed by atoms with Crippen LogP contribution in [-0.4, -0.2) is 11.0 Å². The number of carbonyl (C=O) groups excluding carboxylic acids is 1. The molecule has 3 nitrogen and oxygen atoms in total. The monoisotopic (exact) mass is 361 g/mol. The number of esters is 1. The smallest absolute Gasteiger partial charge is 0.310 e. The van der Waals surface area contributed by atoms with E-state index in [0.717, 1.165) is 10.6 Å². The van der Waals surface area contributed by atoms with Crippen molar-refractivity contribution < 1.29 is 13.9 Å². The lowest BCUT2D eigenvalue weighted by Gasteiger charge is -2.06. The van der Waals surface area contributed by atoms with Gasteiger partial charge in [0.25, 0.3) is 0 Å². The molecule has 24 heavy (non-hydrogen) atoms. The van der Waals surface area contributed by atoms with Crippen LogP contribution in [0.15, 0.2) is 53.9 Å². The van der Waals surface area contributed by atoms with Crippen molar-refractivity contribution in [2.24, 2.45) is 0 Å². The quantitative estimate of drug-likeness (QED) is 0.607. The highest BCUT2D eigenvalue weighted by molar-refractivity contribution is 7.13. The molecule has 122 valence electrons. The topological polar surface area (TPSA) is 39.2 Å². The van der Waals surface area contributed by atoms with Crippen LogP contribution in [0.25, 0.3) is 10.6 Å². The molecular weight excluding hydrogens is 349 g/mol. The van der Waals surface area contributed by atoms with E-state index in [2.05, 4.69) is 4.98 Å². The first kappa shape index (κ1) is 16.6. The fraction of sp³-hybridized carbons (Fsp3) is 0.111. The van der Waals surface area contributed by atoms with Gasteiger partial charge in [-0.3, -0.25) is 4.79 Å². The van der Waals surface area contributed by atoms with Gasteiger partial charge in [0.1, 0.15) is 17.4 Å². The SMILES string of the molecule is O=C(Cc1c(F)cccc1Cl)OCc1csc(-c2ccccc2)n1. The zero-order chi connectivity index (χ0) is 16.9. The third-order valence-corrected chi connectivity index (χ3v) is 4.63. The Morgan fingerprint density at radius 3 is 2.71 bits per heavy atom. The summed E-state index contributed by atoms with van der Waals surface area (Å²) in [4.78, 5) is 16.3. The number of carbonyl (C=O) groups is 1. The summed E-state index contributed by atoms with van der Waals surface area (Å²) in [6, 6.07) is 14.0. The average molecular weight is 362 g/mol. The summed E-state index contributed by atoms with van der Waals surface area (Å²) in [5.74, 6) is -1.06. The Hall–Kier alpha value is -2.24. The molecule has 0 aliphatic rings. The number of halogens is 2. The number of ether oxygens (including phenoxy) is 1. The lowest BCUT2D eigenvalue weighted by atomic mass is 10.1. The van der Waals surface area contributed by atoms with Crippen LogP contribution in [0.1, 0.15) is 11.3 Å². The van der Waals surface area contributed by atoms with E-state index in [9.17, 15) is 9.18 Å². The molecule has 0 bridgehead atoms. The van der Waals surface area contributed by atoms with Crippen molar-refractivity contribution in [2.75, 3.05) is 0 Å². The fourth-order valence-corrected chi connectivity index (χ4v) is 3.18. The minimum absolute atomic E-state index is 0.0498. The van der Waals surface area contributed by atoms with E-state index < -0.39 is 11.8 Å². The zero-order valence-corrected chi connectivity index (χ0v) is 14.1. The predicted molar refractivity (Wildman–Crippen MR) is 92.5 cm³/mol. The van der Waals surface area contributed by atoms with E-state index in [4.69, 9.17) is 16.3 Å². The molecule has 3 rings (SSSR count). The number of hydrogen-bond donors (Lipinski definition) is 0. The molecule has 0 spiro atoms. The van der Waals surface area contributed by atoms with Crippen molar-refractivity contribution in [3.63, 3.8) is 0 Å². The van der Waals surface area contributed by atoms with Gasteiger partial charge in [-0.2, -0.15) is 0 Å². The molecule has 0 atom stereocenters. The van der Waals surface area contributed by atoms with Crippen LogP contribution in [0.3, 0.4) is 0 Å². The van der Waals surface area contributed by atoms with Gasteiger partial charge < -0.3 is 4.74 Å². The number of nitrogens with zero attached hydrogens (tertiary/aromatic N) is 1. The Labute approximate surface area is 147 Å². The van der Waals surface area contributed by atoms with Crippen LogP contribution in [-0.2, 0) is 22.6 Å². The number of thiazole rings is 1. The first-order valence-corrected chi connectivity index (χ1v) is 8.47. The highest BCUT2D eigenvalue weighted by Crippen LogP contribution is 2.24. The summed E-state index contributed by atoms with van der Waals surface area (Å²) in [6.07, 6.45) is -0.207. The minimum atomic E-state index is -0.545. The van der Waals surface area contributed by atoms with Crippen molar-refractivity contribution in [3.05, 3.63) is 76.0 Å². The number of hydrogen-bond acceptors (Lipinski definition) is 4. The third-order valence-electron chi connectivity index (χ3n) is 3.34. The Bertz CT molecular complexity index is 831. The molecule has 1 aromatic heterocycles. The molecule has 0 amide bonds. The third kappa shape index (κ3) is 3.99. The Kier molecular flexibility index (Phi) is 5.23. The van der Waals surface area contributed by atoms with Crippen LogP contribution in [0.4, 0.5) is 4.39 Å². The summed E-state index contributed by atoms with van der Waals surface area (Å²) >= 11 is 7.38. The molecule has 0 radical (unpaired) electrons. The average Bonchev–Trinajstić information content (AvgIpc) is 3.06. The highest BCUT2D eigenvalue weighted by atomic mass is 35.5. The minimum Gasteiger partial charge on any atom is -0.459 e. The molecule has 0 saturated heterocycles. The maximum Gasteiger partial charge on any atom is 0.310 e. The van der Waals surface area contributed by atoms with Crippen molar-refractivity contribution in [3.8, 4) is 10.6 Å². The molecule has 0 aliphatic heterocycles. The van der Waals surface area contributed by atoms with Crippen LogP contribution < -0.4 is 0 Å². The van der Waals surface area contributed by atoms with Crippen molar-refractivity contribution in [2.45, 2.75) is 13.0 Å². The molecule has 3 aromatic rings.